The molecule has 1 N–H and O–H groups in total. The Morgan fingerprint density at radius 1 is 1.05 bits per heavy atom. The lowest BCUT2D eigenvalue weighted by Crippen LogP contribution is -2.33. The minimum absolute atomic E-state index is 0.306. The standard InChI is InChI=1S/C20H24O2/c1-20(11-6-12-21)14-17(15-20)16-7-5-10-19(13-16)22-18-8-3-2-4-9-18/h2-5,7-10,13,17,21H,6,11-12,14-15H2,1H3/t17-,20+. The molecule has 22 heavy (non-hydrogen) atoms. The van der Waals surface area contributed by atoms with Gasteiger partial charge in [-0.2, -0.15) is 0 Å². The van der Waals surface area contributed by atoms with E-state index in [9.17, 15) is 0 Å². The van der Waals surface area contributed by atoms with Gasteiger partial charge in [0, 0.05) is 6.61 Å². The molecule has 1 saturated carbocycles. The van der Waals surface area contributed by atoms with Crippen LogP contribution in [0.1, 0.15) is 44.1 Å². The van der Waals surface area contributed by atoms with E-state index in [-0.39, 0.29) is 0 Å². The van der Waals surface area contributed by atoms with E-state index >= 15 is 0 Å². The van der Waals surface area contributed by atoms with Gasteiger partial charge in [0.05, 0.1) is 0 Å². The number of benzene rings is 2. The second-order valence-corrected chi connectivity index (χ2v) is 6.73. The number of ether oxygens (including phenoxy) is 1. The van der Waals surface area contributed by atoms with Crippen LogP contribution in [0.25, 0.3) is 0 Å². The Morgan fingerprint density at radius 2 is 1.77 bits per heavy atom. The Balaban J connectivity index is 1.63. The molecule has 116 valence electrons. The average Bonchev–Trinajstić information content (AvgIpc) is 2.51. The van der Waals surface area contributed by atoms with Gasteiger partial charge in [-0.15, -0.1) is 0 Å². The highest BCUT2D eigenvalue weighted by Crippen LogP contribution is 2.53. The Labute approximate surface area is 132 Å². The van der Waals surface area contributed by atoms with Crippen LogP contribution in [-0.4, -0.2) is 11.7 Å². The van der Waals surface area contributed by atoms with Crippen LogP contribution in [0, 0.1) is 5.41 Å². The van der Waals surface area contributed by atoms with Gasteiger partial charge in [0.2, 0.25) is 0 Å². The molecule has 1 aliphatic rings. The molecular formula is C20H24O2. The van der Waals surface area contributed by atoms with Crippen molar-refractivity contribution in [2.24, 2.45) is 5.41 Å². The summed E-state index contributed by atoms with van der Waals surface area (Å²) in [5.74, 6) is 2.41. The maximum absolute atomic E-state index is 8.99. The molecule has 2 heteroatoms. The van der Waals surface area contributed by atoms with Gasteiger partial charge >= 0.3 is 0 Å². The van der Waals surface area contributed by atoms with Crippen LogP contribution >= 0.6 is 0 Å². The third-order valence-corrected chi connectivity index (χ3v) is 4.73. The van der Waals surface area contributed by atoms with E-state index in [1.165, 1.54) is 18.4 Å². The summed E-state index contributed by atoms with van der Waals surface area (Å²) in [6, 6.07) is 18.4. The summed E-state index contributed by atoms with van der Waals surface area (Å²) in [5, 5.41) is 8.99. The van der Waals surface area contributed by atoms with Crippen molar-refractivity contribution in [1.82, 2.24) is 0 Å². The monoisotopic (exact) mass is 296 g/mol. The largest absolute Gasteiger partial charge is 0.457 e. The van der Waals surface area contributed by atoms with Gasteiger partial charge in [-0.05, 0) is 66.8 Å². The van der Waals surface area contributed by atoms with Crippen molar-refractivity contribution in [2.45, 2.75) is 38.5 Å². The molecule has 0 heterocycles. The maximum atomic E-state index is 8.99. The molecule has 2 aromatic rings. The Kier molecular flexibility index (Phi) is 4.49. The lowest BCUT2D eigenvalue weighted by Gasteiger charge is -2.46. The van der Waals surface area contributed by atoms with Crippen LogP contribution in [0.3, 0.4) is 0 Å². The normalized spacial score (nSPS) is 23.8. The van der Waals surface area contributed by atoms with E-state index in [4.69, 9.17) is 9.84 Å². The van der Waals surface area contributed by atoms with Crippen LogP contribution in [-0.2, 0) is 0 Å². The summed E-state index contributed by atoms with van der Waals surface area (Å²) >= 11 is 0. The van der Waals surface area contributed by atoms with E-state index in [0.717, 1.165) is 24.3 Å². The molecule has 1 fully saturated rings. The van der Waals surface area contributed by atoms with Crippen molar-refractivity contribution in [3.05, 3.63) is 60.2 Å². The van der Waals surface area contributed by atoms with Crippen molar-refractivity contribution in [1.29, 1.82) is 0 Å². The van der Waals surface area contributed by atoms with Crippen molar-refractivity contribution in [2.75, 3.05) is 6.61 Å². The first-order valence-corrected chi connectivity index (χ1v) is 8.12. The fraction of sp³-hybridized carbons (Fsp3) is 0.400. The van der Waals surface area contributed by atoms with Crippen molar-refractivity contribution >= 4 is 0 Å². The Hall–Kier alpha value is -1.80. The molecule has 1 aliphatic carbocycles. The van der Waals surface area contributed by atoms with E-state index in [2.05, 4.69) is 25.1 Å². The van der Waals surface area contributed by atoms with Gasteiger partial charge in [0.1, 0.15) is 11.5 Å². The maximum Gasteiger partial charge on any atom is 0.127 e. The minimum atomic E-state index is 0.306. The zero-order chi connectivity index (χ0) is 15.4. The molecule has 2 aromatic carbocycles. The summed E-state index contributed by atoms with van der Waals surface area (Å²) < 4.78 is 5.92. The number of aliphatic hydroxyl groups excluding tert-OH is 1. The molecule has 0 atom stereocenters. The predicted molar refractivity (Wildman–Crippen MR) is 89.4 cm³/mol. The lowest BCUT2D eigenvalue weighted by atomic mass is 9.59. The summed E-state index contributed by atoms with van der Waals surface area (Å²) in [6.45, 7) is 2.64. The molecule has 0 aromatic heterocycles. The molecule has 0 bridgehead atoms. The molecule has 0 aliphatic heterocycles. The summed E-state index contributed by atoms with van der Waals surface area (Å²) in [7, 11) is 0. The number of rotatable bonds is 6. The third-order valence-electron chi connectivity index (χ3n) is 4.73. The Bertz CT molecular complexity index is 600. The first-order valence-electron chi connectivity index (χ1n) is 8.12. The smallest absolute Gasteiger partial charge is 0.127 e. The van der Waals surface area contributed by atoms with E-state index in [1.54, 1.807) is 0 Å². The molecule has 3 rings (SSSR count). The second kappa shape index (κ2) is 6.53. The van der Waals surface area contributed by atoms with Gasteiger partial charge < -0.3 is 9.84 Å². The molecule has 2 nitrogen and oxygen atoms in total. The molecule has 0 saturated heterocycles. The third kappa shape index (κ3) is 3.50. The number of para-hydroxylation sites is 1. The van der Waals surface area contributed by atoms with Gasteiger partial charge in [0.15, 0.2) is 0 Å². The van der Waals surface area contributed by atoms with E-state index in [0.29, 0.717) is 17.9 Å². The SMILES string of the molecule is C[C@]1(CCCO)C[C@@H](c2cccc(Oc3ccccc3)c2)C1. The van der Waals surface area contributed by atoms with E-state index < -0.39 is 0 Å². The van der Waals surface area contributed by atoms with Crippen molar-refractivity contribution < 1.29 is 9.84 Å². The average molecular weight is 296 g/mol. The number of hydrogen-bond acceptors (Lipinski definition) is 2. The van der Waals surface area contributed by atoms with Crippen LogP contribution in [0.4, 0.5) is 0 Å². The quantitative estimate of drug-likeness (QED) is 0.800. The van der Waals surface area contributed by atoms with Crippen LogP contribution < -0.4 is 4.74 Å². The first kappa shape index (κ1) is 15.1. The Morgan fingerprint density at radius 3 is 2.50 bits per heavy atom. The van der Waals surface area contributed by atoms with Crippen molar-refractivity contribution in [3.8, 4) is 11.5 Å². The number of hydrogen-bond donors (Lipinski definition) is 1. The first-order chi connectivity index (χ1) is 10.7. The molecule has 0 spiro atoms. The fourth-order valence-electron chi connectivity index (χ4n) is 3.53. The highest BCUT2D eigenvalue weighted by molar-refractivity contribution is 5.36. The molecule has 0 radical (unpaired) electrons. The van der Waals surface area contributed by atoms with Gasteiger partial charge in [-0.1, -0.05) is 37.3 Å². The molecule has 0 unspecified atom stereocenters. The van der Waals surface area contributed by atoms with Crippen LogP contribution in [0.2, 0.25) is 0 Å². The van der Waals surface area contributed by atoms with Gasteiger partial charge in [0.25, 0.3) is 0 Å². The van der Waals surface area contributed by atoms with Gasteiger partial charge in [-0.25, -0.2) is 0 Å². The van der Waals surface area contributed by atoms with Crippen molar-refractivity contribution in [3.63, 3.8) is 0 Å². The zero-order valence-corrected chi connectivity index (χ0v) is 13.2. The van der Waals surface area contributed by atoms with Gasteiger partial charge in [-0.3, -0.25) is 0 Å². The topological polar surface area (TPSA) is 29.5 Å². The summed E-state index contributed by atoms with van der Waals surface area (Å²) in [6.07, 6.45) is 4.46. The predicted octanol–water partition coefficient (Wildman–Crippen LogP) is 5.14. The highest BCUT2D eigenvalue weighted by atomic mass is 16.5. The minimum Gasteiger partial charge on any atom is -0.457 e. The molecular weight excluding hydrogens is 272 g/mol. The van der Waals surface area contributed by atoms with E-state index in [1.807, 2.05) is 36.4 Å². The summed E-state index contributed by atoms with van der Waals surface area (Å²) in [4.78, 5) is 0. The fourth-order valence-corrected chi connectivity index (χ4v) is 3.53. The second-order valence-electron chi connectivity index (χ2n) is 6.73. The van der Waals surface area contributed by atoms with Crippen LogP contribution in [0.5, 0.6) is 11.5 Å². The lowest BCUT2D eigenvalue weighted by molar-refractivity contribution is 0.100. The highest BCUT2D eigenvalue weighted by Gasteiger charge is 2.40. The zero-order valence-electron chi connectivity index (χ0n) is 13.2. The summed E-state index contributed by atoms with van der Waals surface area (Å²) in [5.41, 5.74) is 1.78. The molecule has 0 amide bonds. The number of aliphatic hydroxyl groups is 1. The van der Waals surface area contributed by atoms with Crippen LogP contribution in [0.15, 0.2) is 54.6 Å².